The van der Waals surface area contributed by atoms with E-state index in [9.17, 15) is 4.79 Å². The average Bonchev–Trinajstić information content (AvgIpc) is 3.26. The summed E-state index contributed by atoms with van der Waals surface area (Å²) in [4.78, 5) is 11.0. The zero-order valence-corrected chi connectivity index (χ0v) is 11.5. The van der Waals surface area contributed by atoms with Crippen LogP contribution in [0.25, 0.3) is 0 Å². The van der Waals surface area contributed by atoms with Crippen molar-refractivity contribution < 1.29 is 19.4 Å². The van der Waals surface area contributed by atoms with Gasteiger partial charge in [-0.15, -0.1) is 0 Å². The number of carbonyl (C=O) groups is 1. The molecular formula is C15H21NO4. The van der Waals surface area contributed by atoms with Crippen molar-refractivity contribution in [3.63, 3.8) is 0 Å². The van der Waals surface area contributed by atoms with Gasteiger partial charge in [0.25, 0.3) is 0 Å². The Kier molecular flexibility index (Phi) is 5.83. The maximum atomic E-state index is 11.0. The molecule has 1 aromatic carbocycles. The summed E-state index contributed by atoms with van der Waals surface area (Å²) in [7, 11) is 0. The van der Waals surface area contributed by atoms with Gasteiger partial charge in [0.15, 0.2) is 0 Å². The largest absolute Gasteiger partial charge is 0.491 e. The highest BCUT2D eigenvalue weighted by atomic mass is 16.5. The first kappa shape index (κ1) is 14.8. The molecule has 2 N–H and O–H groups in total. The third-order valence-corrected chi connectivity index (χ3v) is 3.13. The number of carboxylic acid groups (broad SMARTS) is 1. The lowest BCUT2D eigenvalue weighted by molar-refractivity contribution is 0.0692. The summed E-state index contributed by atoms with van der Waals surface area (Å²) in [6.07, 6.45) is 2.62. The van der Waals surface area contributed by atoms with Crippen molar-refractivity contribution >= 4 is 5.97 Å². The molecule has 5 heteroatoms. The van der Waals surface area contributed by atoms with Gasteiger partial charge in [0.1, 0.15) is 17.9 Å². The van der Waals surface area contributed by atoms with Gasteiger partial charge in [-0.3, -0.25) is 0 Å². The number of aromatic carboxylic acids is 1. The quantitative estimate of drug-likeness (QED) is 0.639. The number of benzene rings is 1. The predicted octanol–water partition coefficient (Wildman–Crippen LogP) is 1.78. The normalized spacial score (nSPS) is 14.2. The molecule has 0 aliphatic heterocycles. The zero-order chi connectivity index (χ0) is 14.2. The van der Waals surface area contributed by atoms with Crippen molar-refractivity contribution in [3.05, 3.63) is 29.8 Å². The molecule has 0 amide bonds. The summed E-state index contributed by atoms with van der Waals surface area (Å²) in [5.74, 6) is 0.236. The Hall–Kier alpha value is -1.59. The Balaban J connectivity index is 1.55. The molecule has 0 saturated heterocycles. The first-order chi connectivity index (χ1) is 9.77. The highest BCUT2D eigenvalue weighted by Crippen LogP contribution is 2.28. The van der Waals surface area contributed by atoms with Crippen LogP contribution in [0.5, 0.6) is 5.75 Å². The molecule has 1 saturated carbocycles. The second-order valence-corrected chi connectivity index (χ2v) is 4.92. The molecule has 0 unspecified atom stereocenters. The SMILES string of the molecule is O=C(O)c1ccccc1OCCNCCOCC1CC1. The summed E-state index contributed by atoms with van der Waals surface area (Å²) in [5.41, 5.74) is 0.195. The van der Waals surface area contributed by atoms with Crippen LogP contribution in [0.15, 0.2) is 24.3 Å². The molecule has 0 aromatic heterocycles. The van der Waals surface area contributed by atoms with E-state index in [1.165, 1.54) is 18.9 Å². The van der Waals surface area contributed by atoms with Crippen LogP contribution in [0.1, 0.15) is 23.2 Å². The molecule has 0 atom stereocenters. The molecule has 110 valence electrons. The number of hydrogen-bond donors (Lipinski definition) is 2. The van der Waals surface area contributed by atoms with E-state index in [1.807, 2.05) is 0 Å². The molecule has 2 rings (SSSR count). The Labute approximate surface area is 118 Å². The predicted molar refractivity (Wildman–Crippen MR) is 75.3 cm³/mol. The molecule has 0 bridgehead atoms. The van der Waals surface area contributed by atoms with Crippen LogP contribution in [-0.4, -0.2) is 44.0 Å². The van der Waals surface area contributed by atoms with Gasteiger partial charge in [0.2, 0.25) is 0 Å². The van der Waals surface area contributed by atoms with Crippen molar-refractivity contribution in [1.82, 2.24) is 5.32 Å². The van der Waals surface area contributed by atoms with Gasteiger partial charge in [0, 0.05) is 19.7 Å². The standard InChI is InChI=1S/C15H21NO4/c17-15(18)13-3-1-2-4-14(13)20-10-8-16-7-9-19-11-12-5-6-12/h1-4,12,16H,5-11H2,(H,17,18). The van der Waals surface area contributed by atoms with E-state index >= 15 is 0 Å². The first-order valence-corrected chi connectivity index (χ1v) is 7.01. The third-order valence-electron chi connectivity index (χ3n) is 3.13. The fourth-order valence-corrected chi connectivity index (χ4v) is 1.81. The maximum Gasteiger partial charge on any atom is 0.339 e. The minimum atomic E-state index is -0.970. The van der Waals surface area contributed by atoms with E-state index in [1.54, 1.807) is 18.2 Å². The number of carboxylic acids is 1. The summed E-state index contributed by atoms with van der Waals surface area (Å²) < 4.78 is 11.0. The minimum Gasteiger partial charge on any atom is -0.491 e. The molecule has 1 fully saturated rings. The second kappa shape index (κ2) is 7.87. The van der Waals surface area contributed by atoms with Gasteiger partial charge >= 0.3 is 5.97 Å². The summed E-state index contributed by atoms with van der Waals surface area (Å²) in [5, 5.41) is 12.2. The van der Waals surface area contributed by atoms with E-state index in [0.29, 0.717) is 25.5 Å². The van der Waals surface area contributed by atoms with E-state index in [2.05, 4.69) is 5.32 Å². The fraction of sp³-hybridized carbons (Fsp3) is 0.533. The van der Waals surface area contributed by atoms with Crippen LogP contribution in [0.4, 0.5) is 0 Å². The van der Waals surface area contributed by atoms with Crippen molar-refractivity contribution in [2.45, 2.75) is 12.8 Å². The van der Waals surface area contributed by atoms with E-state index in [0.717, 1.165) is 19.1 Å². The summed E-state index contributed by atoms with van der Waals surface area (Å²) >= 11 is 0. The van der Waals surface area contributed by atoms with Crippen LogP contribution < -0.4 is 10.1 Å². The van der Waals surface area contributed by atoms with Gasteiger partial charge in [-0.2, -0.15) is 0 Å². The number of nitrogens with one attached hydrogen (secondary N) is 1. The molecule has 0 radical (unpaired) electrons. The smallest absolute Gasteiger partial charge is 0.339 e. The van der Waals surface area contributed by atoms with Crippen LogP contribution in [0.2, 0.25) is 0 Å². The lowest BCUT2D eigenvalue weighted by atomic mass is 10.2. The maximum absolute atomic E-state index is 11.0. The van der Waals surface area contributed by atoms with Gasteiger partial charge < -0.3 is 19.9 Å². The van der Waals surface area contributed by atoms with Crippen LogP contribution >= 0.6 is 0 Å². The topological polar surface area (TPSA) is 67.8 Å². The van der Waals surface area contributed by atoms with Gasteiger partial charge in [-0.25, -0.2) is 4.79 Å². The molecule has 0 spiro atoms. The molecule has 1 aliphatic rings. The third kappa shape index (κ3) is 5.19. The second-order valence-electron chi connectivity index (χ2n) is 4.92. The van der Waals surface area contributed by atoms with Crippen molar-refractivity contribution in [1.29, 1.82) is 0 Å². The average molecular weight is 279 g/mol. The monoisotopic (exact) mass is 279 g/mol. The first-order valence-electron chi connectivity index (χ1n) is 7.01. The molecule has 5 nitrogen and oxygen atoms in total. The van der Waals surface area contributed by atoms with Crippen LogP contribution in [0, 0.1) is 5.92 Å². The van der Waals surface area contributed by atoms with Gasteiger partial charge in [0.05, 0.1) is 6.61 Å². The van der Waals surface area contributed by atoms with E-state index in [4.69, 9.17) is 14.6 Å². The number of hydrogen-bond acceptors (Lipinski definition) is 4. The van der Waals surface area contributed by atoms with E-state index in [-0.39, 0.29) is 5.56 Å². The molecule has 0 heterocycles. The summed E-state index contributed by atoms with van der Waals surface area (Å²) in [6, 6.07) is 6.66. The Morgan fingerprint density at radius 3 is 2.75 bits per heavy atom. The zero-order valence-electron chi connectivity index (χ0n) is 11.5. The lowest BCUT2D eigenvalue weighted by Gasteiger charge is -2.09. The molecule has 1 aliphatic carbocycles. The Bertz CT molecular complexity index is 432. The van der Waals surface area contributed by atoms with Crippen molar-refractivity contribution in [2.75, 3.05) is 32.9 Å². The van der Waals surface area contributed by atoms with Crippen molar-refractivity contribution in [3.8, 4) is 5.75 Å². The van der Waals surface area contributed by atoms with E-state index < -0.39 is 5.97 Å². The molecular weight excluding hydrogens is 258 g/mol. The van der Waals surface area contributed by atoms with Crippen LogP contribution in [-0.2, 0) is 4.74 Å². The van der Waals surface area contributed by atoms with Crippen LogP contribution in [0.3, 0.4) is 0 Å². The number of para-hydroxylation sites is 1. The number of rotatable bonds is 10. The molecule has 1 aromatic rings. The van der Waals surface area contributed by atoms with Gasteiger partial charge in [-0.05, 0) is 30.9 Å². The highest BCUT2D eigenvalue weighted by Gasteiger charge is 2.20. The lowest BCUT2D eigenvalue weighted by Crippen LogP contribution is -2.25. The number of ether oxygens (including phenoxy) is 2. The van der Waals surface area contributed by atoms with Crippen molar-refractivity contribution in [2.24, 2.45) is 5.92 Å². The highest BCUT2D eigenvalue weighted by molar-refractivity contribution is 5.90. The fourth-order valence-electron chi connectivity index (χ4n) is 1.81. The Morgan fingerprint density at radius 1 is 1.25 bits per heavy atom. The summed E-state index contributed by atoms with van der Waals surface area (Å²) in [6.45, 7) is 3.48. The molecule has 20 heavy (non-hydrogen) atoms. The minimum absolute atomic E-state index is 0.195. The van der Waals surface area contributed by atoms with Gasteiger partial charge in [-0.1, -0.05) is 12.1 Å². The Morgan fingerprint density at radius 2 is 2.00 bits per heavy atom.